The van der Waals surface area contributed by atoms with Gasteiger partial charge >= 0.3 is 0 Å². The van der Waals surface area contributed by atoms with Crippen LogP contribution in [0, 0.1) is 0 Å². The molecule has 1 saturated heterocycles. The number of hydrogen-bond donors (Lipinski definition) is 3. The van der Waals surface area contributed by atoms with Gasteiger partial charge in [0.2, 0.25) is 11.8 Å². The first-order valence-electron chi connectivity index (χ1n) is 12.7. The van der Waals surface area contributed by atoms with Crippen LogP contribution in [0.2, 0.25) is 0 Å². The number of ether oxygens (including phenoxy) is 3. The molecule has 2 aromatic carbocycles. The third kappa shape index (κ3) is 5.79. The van der Waals surface area contributed by atoms with Crippen molar-refractivity contribution in [2.45, 2.75) is 50.0 Å². The lowest BCUT2D eigenvalue weighted by Crippen LogP contribution is -2.47. The molecule has 5 rings (SSSR count). The monoisotopic (exact) mass is 517 g/mol. The number of aromatic nitrogens is 1. The maximum Gasteiger partial charge on any atom is 0.228 e. The van der Waals surface area contributed by atoms with Crippen LogP contribution in [0.4, 0.5) is 5.69 Å². The highest BCUT2D eigenvalue weighted by Gasteiger charge is 2.46. The number of carbonyl (C=O) groups is 2. The van der Waals surface area contributed by atoms with E-state index in [1.807, 2.05) is 48.5 Å². The van der Waals surface area contributed by atoms with E-state index < -0.39 is 6.10 Å². The standard InChI is InChI=1S/C29H31N3O6/c1-36-24-5-3-2-4-19(24)16-31-27(34)15-21-14-23-22-13-20(32-28(35)12-18-8-10-30-11-9-18)6-7-25(22)38-29(23)26(17-33)37-21/h2-11,13,21,23,26,29,33H,12,14-17H2,1H3,(H,31,34)(H,32,35)/t21-,23+,26+,29-/m0/s1. The second-order valence-corrected chi connectivity index (χ2v) is 9.53. The lowest BCUT2D eigenvalue weighted by molar-refractivity contribution is -0.142. The van der Waals surface area contributed by atoms with E-state index in [-0.39, 0.29) is 49.4 Å². The van der Waals surface area contributed by atoms with E-state index in [9.17, 15) is 14.7 Å². The molecule has 198 valence electrons. The molecule has 1 fully saturated rings. The van der Waals surface area contributed by atoms with Crippen molar-refractivity contribution in [2.75, 3.05) is 19.0 Å². The number of benzene rings is 2. The van der Waals surface area contributed by atoms with Gasteiger partial charge in [-0.3, -0.25) is 14.6 Å². The minimum atomic E-state index is -0.558. The molecule has 1 aromatic heterocycles. The lowest BCUT2D eigenvalue weighted by atomic mass is 9.84. The van der Waals surface area contributed by atoms with Crippen molar-refractivity contribution in [3.05, 3.63) is 83.7 Å². The number of aliphatic hydroxyl groups excluding tert-OH is 1. The van der Waals surface area contributed by atoms with Crippen LogP contribution < -0.4 is 20.1 Å². The van der Waals surface area contributed by atoms with Gasteiger partial charge in [-0.25, -0.2) is 0 Å². The van der Waals surface area contributed by atoms with Crippen molar-refractivity contribution < 1.29 is 28.9 Å². The fourth-order valence-corrected chi connectivity index (χ4v) is 5.18. The maximum atomic E-state index is 12.8. The number of methoxy groups -OCH3 is 1. The summed E-state index contributed by atoms with van der Waals surface area (Å²) in [6.07, 6.45) is 2.99. The largest absolute Gasteiger partial charge is 0.496 e. The predicted molar refractivity (Wildman–Crippen MR) is 140 cm³/mol. The highest BCUT2D eigenvalue weighted by Crippen LogP contribution is 2.47. The Hall–Kier alpha value is -3.95. The number of rotatable bonds is 9. The van der Waals surface area contributed by atoms with Crippen molar-refractivity contribution >= 4 is 17.5 Å². The Labute approximate surface area is 221 Å². The van der Waals surface area contributed by atoms with Gasteiger partial charge in [-0.15, -0.1) is 0 Å². The third-order valence-electron chi connectivity index (χ3n) is 6.98. The van der Waals surface area contributed by atoms with Gasteiger partial charge in [0.25, 0.3) is 0 Å². The van der Waals surface area contributed by atoms with Crippen molar-refractivity contribution in [3.8, 4) is 11.5 Å². The summed E-state index contributed by atoms with van der Waals surface area (Å²) in [7, 11) is 1.60. The molecule has 0 unspecified atom stereocenters. The van der Waals surface area contributed by atoms with Gasteiger partial charge in [0.05, 0.1) is 32.7 Å². The average Bonchev–Trinajstić information content (AvgIpc) is 3.30. The Bertz CT molecular complexity index is 1280. The summed E-state index contributed by atoms with van der Waals surface area (Å²) in [5.41, 5.74) is 3.38. The minimum Gasteiger partial charge on any atom is -0.496 e. The molecule has 38 heavy (non-hydrogen) atoms. The number of para-hydroxylation sites is 1. The Balaban J connectivity index is 1.23. The minimum absolute atomic E-state index is 0.0695. The SMILES string of the molecule is COc1ccccc1CNC(=O)C[C@@H]1C[C@@H]2c3cc(NC(=O)Cc4ccncc4)ccc3O[C@@H]2[C@@H](CO)O1. The Morgan fingerprint density at radius 3 is 2.71 bits per heavy atom. The van der Waals surface area contributed by atoms with Gasteiger partial charge in [-0.1, -0.05) is 18.2 Å². The van der Waals surface area contributed by atoms with Crippen molar-refractivity contribution in [1.82, 2.24) is 10.3 Å². The first kappa shape index (κ1) is 25.7. The number of hydrogen-bond acceptors (Lipinski definition) is 7. The topological polar surface area (TPSA) is 119 Å². The summed E-state index contributed by atoms with van der Waals surface area (Å²) < 4.78 is 17.6. The Morgan fingerprint density at radius 2 is 1.92 bits per heavy atom. The van der Waals surface area contributed by atoms with Crippen molar-refractivity contribution in [2.24, 2.45) is 0 Å². The zero-order chi connectivity index (χ0) is 26.5. The number of nitrogens with one attached hydrogen (secondary N) is 2. The molecular formula is C29H31N3O6. The first-order chi connectivity index (χ1) is 18.5. The van der Waals surface area contributed by atoms with Crippen LogP contribution in [0.1, 0.15) is 35.4 Å². The molecule has 3 heterocycles. The number of carbonyl (C=O) groups excluding carboxylic acids is 2. The molecule has 0 radical (unpaired) electrons. The molecule has 0 aliphatic carbocycles. The molecule has 9 heteroatoms. The molecule has 0 spiro atoms. The summed E-state index contributed by atoms with van der Waals surface area (Å²) in [5, 5.41) is 15.9. The van der Waals surface area contributed by atoms with E-state index in [4.69, 9.17) is 14.2 Å². The van der Waals surface area contributed by atoms with E-state index >= 15 is 0 Å². The smallest absolute Gasteiger partial charge is 0.228 e. The predicted octanol–water partition coefficient (Wildman–Crippen LogP) is 2.97. The van der Waals surface area contributed by atoms with Crippen LogP contribution in [-0.2, 0) is 27.3 Å². The number of amides is 2. The molecule has 3 N–H and O–H groups in total. The van der Waals surface area contributed by atoms with Gasteiger partial charge < -0.3 is 30.0 Å². The van der Waals surface area contributed by atoms with Crippen LogP contribution in [-0.4, -0.2) is 53.9 Å². The normalized spacial score (nSPS) is 21.5. The number of nitrogens with zero attached hydrogens (tertiary/aromatic N) is 1. The van der Waals surface area contributed by atoms with Gasteiger partial charge in [0.15, 0.2) is 0 Å². The molecule has 2 amide bonds. The van der Waals surface area contributed by atoms with Gasteiger partial charge in [0, 0.05) is 41.7 Å². The molecule has 0 bridgehead atoms. The summed E-state index contributed by atoms with van der Waals surface area (Å²) in [5.74, 6) is 1.08. The summed E-state index contributed by atoms with van der Waals surface area (Å²) >= 11 is 0. The summed E-state index contributed by atoms with van der Waals surface area (Å²) in [6, 6.07) is 16.7. The highest BCUT2D eigenvalue weighted by molar-refractivity contribution is 5.92. The highest BCUT2D eigenvalue weighted by atomic mass is 16.6. The quantitative estimate of drug-likeness (QED) is 0.399. The van der Waals surface area contributed by atoms with E-state index in [1.54, 1.807) is 25.6 Å². The number of pyridine rings is 1. The molecule has 3 aromatic rings. The van der Waals surface area contributed by atoms with Crippen LogP contribution >= 0.6 is 0 Å². The molecule has 2 aliphatic rings. The second kappa shape index (κ2) is 11.6. The molecule has 9 nitrogen and oxygen atoms in total. The maximum absolute atomic E-state index is 12.8. The van der Waals surface area contributed by atoms with Crippen molar-refractivity contribution in [1.29, 1.82) is 0 Å². The molecule has 0 saturated carbocycles. The van der Waals surface area contributed by atoms with E-state index in [1.165, 1.54) is 0 Å². The summed E-state index contributed by atoms with van der Waals surface area (Å²) in [4.78, 5) is 29.3. The number of fused-ring (bicyclic) bond motifs is 3. The first-order valence-corrected chi connectivity index (χ1v) is 12.7. The zero-order valence-electron chi connectivity index (χ0n) is 21.1. The average molecular weight is 518 g/mol. The zero-order valence-corrected chi connectivity index (χ0v) is 21.1. The van der Waals surface area contributed by atoms with Crippen LogP contribution in [0.15, 0.2) is 67.0 Å². The number of anilines is 1. The molecule has 4 atom stereocenters. The van der Waals surface area contributed by atoms with Crippen LogP contribution in [0.3, 0.4) is 0 Å². The molecular weight excluding hydrogens is 486 g/mol. The fourth-order valence-electron chi connectivity index (χ4n) is 5.18. The summed E-state index contributed by atoms with van der Waals surface area (Å²) in [6.45, 7) is 0.129. The van der Waals surface area contributed by atoms with E-state index in [0.717, 1.165) is 16.7 Å². The Morgan fingerprint density at radius 1 is 1.11 bits per heavy atom. The molecule has 2 aliphatic heterocycles. The fraction of sp³-hybridized carbons (Fsp3) is 0.345. The van der Waals surface area contributed by atoms with Gasteiger partial charge in [-0.2, -0.15) is 0 Å². The van der Waals surface area contributed by atoms with E-state index in [0.29, 0.717) is 30.2 Å². The number of aliphatic hydroxyl groups is 1. The van der Waals surface area contributed by atoms with Crippen molar-refractivity contribution in [3.63, 3.8) is 0 Å². The van der Waals surface area contributed by atoms with Gasteiger partial charge in [0.1, 0.15) is 23.7 Å². The third-order valence-corrected chi connectivity index (χ3v) is 6.98. The van der Waals surface area contributed by atoms with Crippen LogP contribution in [0.5, 0.6) is 11.5 Å². The van der Waals surface area contributed by atoms with Crippen LogP contribution in [0.25, 0.3) is 0 Å². The van der Waals surface area contributed by atoms with Gasteiger partial charge in [-0.05, 0) is 48.4 Å². The Kier molecular flexibility index (Phi) is 7.86. The van der Waals surface area contributed by atoms with E-state index in [2.05, 4.69) is 15.6 Å². The lowest BCUT2D eigenvalue weighted by Gasteiger charge is -2.37. The second-order valence-electron chi connectivity index (χ2n) is 9.53.